The molecule has 110 valence electrons. The van der Waals surface area contributed by atoms with Crippen molar-refractivity contribution in [1.82, 2.24) is 0 Å². The Kier molecular flexibility index (Phi) is 5.06. The molecule has 1 aliphatic carbocycles. The van der Waals surface area contributed by atoms with E-state index in [0.717, 1.165) is 17.2 Å². The van der Waals surface area contributed by atoms with E-state index in [1.165, 1.54) is 62.0 Å². The Hall–Kier alpha value is -0.470. The molecule has 0 aromatic heterocycles. The maximum Gasteiger partial charge on any atom is 0.138 e. The van der Waals surface area contributed by atoms with E-state index in [2.05, 4.69) is 24.3 Å². The van der Waals surface area contributed by atoms with Crippen molar-refractivity contribution in [1.29, 1.82) is 0 Å². The van der Waals surface area contributed by atoms with E-state index in [0.29, 0.717) is 10.9 Å². The SMILES string of the molecule is OC(C[S+]1CCCC1)c1ccc(C2CCCCC2)cc1. The normalized spacial score (nSPS) is 23.1. The lowest BCUT2D eigenvalue weighted by Crippen LogP contribution is -2.16. The topological polar surface area (TPSA) is 20.2 Å². The predicted octanol–water partition coefficient (Wildman–Crippen LogP) is 4.18. The zero-order valence-electron chi connectivity index (χ0n) is 12.4. The van der Waals surface area contributed by atoms with Crippen molar-refractivity contribution in [3.05, 3.63) is 35.4 Å². The Morgan fingerprint density at radius 1 is 0.950 bits per heavy atom. The molecule has 1 aromatic carbocycles. The van der Waals surface area contributed by atoms with Gasteiger partial charge in [0.1, 0.15) is 23.4 Å². The molecule has 3 rings (SSSR count). The summed E-state index contributed by atoms with van der Waals surface area (Å²) in [4.78, 5) is 0. The summed E-state index contributed by atoms with van der Waals surface area (Å²) in [7, 11) is 0.482. The summed E-state index contributed by atoms with van der Waals surface area (Å²) >= 11 is 0. The summed E-state index contributed by atoms with van der Waals surface area (Å²) in [5.41, 5.74) is 2.62. The molecule has 1 saturated heterocycles. The minimum Gasteiger partial charge on any atom is -0.383 e. The van der Waals surface area contributed by atoms with E-state index >= 15 is 0 Å². The highest BCUT2D eigenvalue weighted by atomic mass is 32.2. The van der Waals surface area contributed by atoms with Gasteiger partial charge in [-0.05, 0) is 53.6 Å². The van der Waals surface area contributed by atoms with Crippen LogP contribution in [0.4, 0.5) is 0 Å². The average Bonchev–Trinajstić information content (AvgIpc) is 3.01. The van der Waals surface area contributed by atoms with Crippen LogP contribution in [-0.4, -0.2) is 22.4 Å². The first-order valence-electron chi connectivity index (χ1n) is 8.25. The second-order valence-corrected chi connectivity index (χ2v) is 8.79. The quantitative estimate of drug-likeness (QED) is 0.825. The molecule has 1 atom stereocenters. The molecule has 0 spiro atoms. The molecule has 0 bridgehead atoms. The molecule has 1 aliphatic heterocycles. The second kappa shape index (κ2) is 7.00. The van der Waals surface area contributed by atoms with Gasteiger partial charge >= 0.3 is 0 Å². The lowest BCUT2D eigenvalue weighted by atomic mass is 9.84. The molecule has 2 aliphatic rings. The summed E-state index contributed by atoms with van der Waals surface area (Å²) in [6.45, 7) is 0. The number of rotatable bonds is 4. The summed E-state index contributed by atoms with van der Waals surface area (Å²) in [6.07, 6.45) is 9.39. The van der Waals surface area contributed by atoms with E-state index in [9.17, 15) is 5.11 Å². The maximum atomic E-state index is 10.4. The van der Waals surface area contributed by atoms with Crippen molar-refractivity contribution in [2.24, 2.45) is 0 Å². The van der Waals surface area contributed by atoms with E-state index in [4.69, 9.17) is 0 Å². The van der Waals surface area contributed by atoms with E-state index in [-0.39, 0.29) is 6.10 Å². The molecular weight excluding hydrogens is 264 g/mol. The van der Waals surface area contributed by atoms with Gasteiger partial charge in [0.05, 0.1) is 0 Å². The van der Waals surface area contributed by atoms with Crippen LogP contribution in [-0.2, 0) is 10.9 Å². The van der Waals surface area contributed by atoms with E-state index < -0.39 is 0 Å². The van der Waals surface area contributed by atoms with Crippen molar-refractivity contribution < 1.29 is 5.11 Å². The van der Waals surface area contributed by atoms with Crippen LogP contribution < -0.4 is 0 Å². The van der Waals surface area contributed by atoms with Crippen LogP contribution >= 0.6 is 0 Å². The molecule has 1 aromatic rings. The second-order valence-electron chi connectivity index (χ2n) is 6.41. The Morgan fingerprint density at radius 2 is 1.60 bits per heavy atom. The largest absolute Gasteiger partial charge is 0.383 e. The van der Waals surface area contributed by atoms with Crippen LogP contribution in [0.15, 0.2) is 24.3 Å². The molecule has 20 heavy (non-hydrogen) atoms. The van der Waals surface area contributed by atoms with Gasteiger partial charge in [-0.1, -0.05) is 43.5 Å². The predicted molar refractivity (Wildman–Crippen MR) is 88.4 cm³/mol. The molecule has 1 heterocycles. The van der Waals surface area contributed by atoms with Gasteiger partial charge in [-0.3, -0.25) is 0 Å². The van der Waals surface area contributed by atoms with Gasteiger partial charge in [-0.2, -0.15) is 0 Å². The lowest BCUT2D eigenvalue weighted by Gasteiger charge is -2.22. The van der Waals surface area contributed by atoms with Crippen LogP contribution in [0.3, 0.4) is 0 Å². The number of hydrogen-bond acceptors (Lipinski definition) is 1. The molecule has 2 heteroatoms. The molecule has 0 amide bonds. The summed E-state index contributed by atoms with van der Waals surface area (Å²) in [5, 5.41) is 10.4. The molecule has 1 nitrogen and oxygen atoms in total. The van der Waals surface area contributed by atoms with Crippen LogP contribution in [0.25, 0.3) is 0 Å². The van der Waals surface area contributed by atoms with Crippen LogP contribution in [0.1, 0.15) is 68.1 Å². The van der Waals surface area contributed by atoms with Crippen LogP contribution in [0, 0.1) is 0 Å². The highest BCUT2D eigenvalue weighted by molar-refractivity contribution is 7.97. The first-order valence-corrected chi connectivity index (χ1v) is 9.98. The summed E-state index contributed by atoms with van der Waals surface area (Å²) in [5.74, 6) is 4.45. The zero-order valence-corrected chi connectivity index (χ0v) is 13.2. The Balaban J connectivity index is 1.59. The van der Waals surface area contributed by atoms with Crippen molar-refractivity contribution in [3.63, 3.8) is 0 Å². The number of benzene rings is 1. The van der Waals surface area contributed by atoms with Gasteiger partial charge in [0, 0.05) is 0 Å². The number of aliphatic hydroxyl groups excluding tert-OH is 1. The molecule has 1 unspecified atom stereocenters. The fourth-order valence-corrected chi connectivity index (χ4v) is 6.03. The molecule has 1 N–H and O–H groups in total. The van der Waals surface area contributed by atoms with Crippen LogP contribution in [0.2, 0.25) is 0 Å². The Bertz CT molecular complexity index is 402. The summed E-state index contributed by atoms with van der Waals surface area (Å²) in [6, 6.07) is 8.89. The first-order chi connectivity index (χ1) is 9.83. The van der Waals surface area contributed by atoms with E-state index in [1.54, 1.807) is 0 Å². The minimum atomic E-state index is -0.239. The molecular formula is C18H27OS+. The Labute approximate surface area is 126 Å². The smallest absolute Gasteiger partial charge is 0.138 e. The van der Waals surface area contributed by atoms with Gasteiger partial charge < -0.3 is 5.11 Å². The highest BCUT2D eigenvalue weighted by Gasteiger charge is 2.27. The Morgan fingerprint density at radius 3 is 2.25 bits per heavy atom. The average molecular weight is 291 g/mol. The van der Waals surface area contributed by atoms with Gasteiger partial charge in [0.25, 0.3) is 0 Å². The number of hydrogen-bond donors (Lipinski definition) is 1. The monoisotopic (exact) mass is 291 g/mol. The third-order valence-corrected chi connectivity index (χ3v) is 7.43. The van der Waals surface area contributed by atoms with Crippen molar-refractivity contribution in [2.45, 2.75) is 57.0 Å². The van der Waals surface area contributed by atoms with Crippen molar-refractivity contribution >= 4 is 10.9 Å². The number of aliphatic hydroxyl groups is 1. The zero-order chi connectivity index (χ0) is 13.8. The van der Waals surface area contributed by atoms with Gasteiger partial charge in [-0.25, -0.2) is 0 Å². The highest BCUT2D eigenvalue weighted by Crippen LogP contribution is 2.33. The minimum absolute atomic E-state index is 0.239. The molecule has 2 fully saturated rings. The standard InChI is InChI=1S/C18H27OS/c19-18(14-20-12-4-5-13-20)17-10-8-16(9-11-17)15-6-2-1-3-7-15/h8-11,15,18-19H,1-7,12-14H2/q+1. The van der Waals surface area contributed by atoms with Gasteiger partial charge in [0.2, 0.25) is 0 Å². The summed E-state index contributed by atoms with van der Waals surface area (Å²) < 4.78 is 0. The first kappa shape index (κ1) is 14.5. The third kappa shape index (κ3) is 3.59. The van der Waals surface area contributed by atoms with Crippen LogP contribution in [0.5, 0.6) is 0 Å². The van der Waals surface area contributed by atoms with Crippen molar-refractivity contribution in [3.8, 4) is 0 Å². The molecule has 0 radical (unpaired) electrons. The van der Waals surface area contributed by atoms with Gasteiger partial charge in [0.15, 0.2) is 0 Å². The lowest BCUT2D eigenvalue weighted by molar-refractivity contribution is 0.203. The fraction of sp³-hybridized carbons (Fsp3) is 0.667. The van der Waals surface area contributed by atoms with Crippen molar-refractivity contribution in [2.75, 3.05) is 17.3 Å². The third-order valence-electron chi connectivity index (χ3n) is 4.91. The van der Waals surface area contributed by atoms with Gasteiger partial charge in [-0.15, -0.1) is 0 Å². The molecule has 1 saturated carbocycles. The maximum absolute atomic E-state index is 10.4. The fourth-order valence-electron chi connectivity index (χ4n) is 3.63. The van der Waals surface area contributed by atoms with E-state index in [1.807, 2.05) is 0 Å².